The topological polar surface area (TPSA) is 72.5 Å². The molecule has 0 amide bonds. The number of aliphatic hydroxyl groups excluding tert-OH is 1. The Labute approximate surface area is 208 Å². The number of fused-ring (bicyclic) bond motifs is 2. The smallest absolute Gasteiger partial charge is 0.338 e. The number of aryl methyl sites for hydroxylation is 2. The summed E-state index contributed by atoms with van der Waals surface area (Å²) in [5, 5.41) is 13.9. The third-order valence-corrected chi connectivity index (χ3v) is 6.77. The zero-order chi connectivity index (χ0) is 25.2. The monoisotopic (exact) mass is 471 g/mol. The fourth-order valence-electron chi connectivity index (χ4n) is 5.29. The van der Waals surface area contributed by atoms with Gasteiger partial charge < -0.3 is 15.6 Å². The SMILES string of the molecule is CCOC(=O)/C(=C(/CN)CC(C)(C)C)c1cc2c(cc1C(O)c1cccc3ccccc13)CCC2. The minimum absolute atomic E-state index is 0.0579. The van der Waals surface area contributed by atoms with Gasteiger partial charge in [0.05, 0.1) is 12.2 Å². The van der Waals surface area contributed by atoms with E-state index in [1.165, 1.54) is 11.1 Å². The summed E-state index contributed by atoms with van der Waals surface area (Å²) < 4.78 is 5.55. The van der Waals surface area contributed by atoms with Crippen LogP contribution in [-0.4, -0.2) is 24.2 Å². The van der Waals surface area contributed by atoms with Gasteiger partial charge in [-0.1, -0.05) is 75.4 Å². The molecular weight excluding hydrogens is 434 g/mol. The molecule has 0 saturated carbocycles. The Hall–Kier alpha value is -2.95. The van der Waals surface area contributed by atoms with Gasteiger partial charge in [0.15, 0.2) is 0 Å². The van der Waals surface area contributed by atoms with E-state index in [1.807, 2.05) is 37.3 Å². The molecule has 4 heteroatoms. The number of carbonyl (C=O) groups is 1. The average Bonchev–Trinajstić information content (AvgIpc) is 3.29. The van der Waals surface area contributed by atoms with Crippen LogP contribution >= 0.6 is 0 Å². The zero-order valence-corrected chi connectivity index (χ0v) is 21.4. The molecule has 0 aromatic heterocycles. The molecule has 0 fully saturated rings. The van der Waals surface area contributed by atoms with Crippen molar-refractivity contribution in [1.29, 1.82) is 0 Å². The molecule has 3 aromatic carbocycles. The molecule has 184 valence electrons. The van der Waals surface area contributed by atoms with Gasteiger partial charge in [-0.05, 0) is 82.2 Å². The lowest BCUT2D eigenvalue weighted by Crippen LogP contribution is -2.20. The molecule has 1 aliphatic rings. The molecule has 3 aromatic rings. The highest BCUT2D eigenvalue weighted by molar-refractivity contribution is 6.18. The van der Waals surface area contributed by atoms with Crippen molar-refractivity contribution >= 4 is 22.3 Å². The van der Waals surface area contributed by atoms with Gasteiger partial charge in [0.2, 0.25) is 0 Å². The summed E-state index contributed by atoms with van der Waals surface area (Å²) in [6, 6.07) is 18.3. The molecule has 0 bridgehead atoms. The second-order valence-corrected chi connectivity index (χ2v) is 10.7. The molecule has 0 heterocycles. The van der Waals surface area contributed by atoms with Gasteiger partial charge in [0, 0.05) is 6.54 Å². The van der Waals surface area contributed by atoms with Crippen LogP contribution < -0.4 is 5.73 Å². The Bertz CT molecular complexity index is 1260. The Morgan fingerprint density at radius 1 is 1.03 bits per heavy atom. The highest BCUT2D eigenvalue weighted by atomic mass is 16.5. The van der Waals surface area contributed by atoms with Crippen molar-refractivity contribution in [2.24, 2.45) is 11.1 Å². The van der Waals surface area contributed by atoms with Gasteiger partial charge in [-0.2, -0.15) is 0 Å². The number of esters is 1. The lowest BCUT2D eigenvalue weighted by atomic mass is 9.81. The van der Waals surface area contributed by atoms with Crippen molar-refractivity contribution < 1.29 is 14.6 Å². The van der Waals surface area contributed by atoms with Crippen LogP contribution in [0.1, 0.15) is 74.5 Å². The van der Waals surface area contributed by atoms with Crippen molar-refractivity contribution in [3.8, 4) is 0 Å². The number of aliphatic hydroxyl groups is 1. The van der Waals surface area contributed by atoms with Crippen LogP contribution in [0, 0.1) is 5.41 Å². The molecule has 4 rings (SSSR count). The summed E-state index contributed by atoms with van der Waals surface area (Å²) in [6.45, 7) is 8.77. The highest BCUT2D eigenvalue weighted by Gasteiger charge is 2.29. The van der Waals surface area contributed by atoms with E-state index in [2.05, 4.69) is 45.0 Å². The number of carbonyl (C=O) groups excluding carboxylic acids is 1. The van der Waals surface area contributed by atoms with Crippen LogP contribution in [0.5, 0.6) is 0 Å². The van der Waals surface area contributed by atoms with E-state index < -0.39 is 6.10 Å². The summed E-state index contributed by atoms with van der Waals surface area (Å²) >= 11 is 0. The first kappa shape index (κ1) is 25.2. The maximum absolute atomic E-state index is 13.4. The van der Waals surface area contributed by atoms with E-state index in [0.717, 1.165) is 52.3 Å². The summed E-state index contributed by atoms with van der Waals surface area (Å²) in [5.74, 6) is -0.374. The minimum Gasteiger partial charge on any atom is -0.462 e. The van der Waals surface area contributed by atoms with Gasteiger partial charge >= 0.3 is 5.97 Å². The second-order valence-electron chi connectivity index (χ2n) is 10.7. The first-order chi connectivity index (χ1) is 16.7. The fourth-order valence-corrected chi connectivity index (χ4v) is 5.29. The van der Waals surface area contributed by atoms with Crippen LogP contribution in [0.3, 0.4) is 0 Å². The first-order valence-corrected chi connectivity index (χ1v) is 12.6. The number of hydrogen-bond acceptors (Lipinski definition) is 4. The maximum Gasteiger partial charge on any atom is 0.338 e. The van der Waals surface area contributed by atoms with E-state index in [0.29, 0.717) is 12.0 Å². The highest BCUT2D eigenvalue weighted by Crippen LogP contribution is 2.39. The van der Waals surface area contributed by atoms with E-state index in [-0.39, 0.29) is 24.5 Å². The third-order valence-electron chi connectivity index (χ3n) is 6.77. The fraction of sp³-hybridized carbons (Fsp3) is 0.387. The van der Waals surface area contributed by atoms with Gasteiger partial charge in [0.1, 0.15) is 6.10 Å². The zero-order valence-electron chi connectivity index (χ0n) is 21.4. The molecular formula is C31H37NO3. The van der Waals surface area contributed by atoms with E-state index in [9.17, 15) is 9.90 Å². The average molecular weight is 472 g/mol. The van der Waals surface area contributed by atoms with Gasteiger partial charge in [-0.3, -0.25) is 0 Å². The Balaban J connectivity index is 1.98. The van der Waals surface area contributed by atoms with Crippen LogP contribution in [0.4, 0.5) is 0 Å². The molecule has 1 unspecified atom stereocenters. The predicted octanol–water partition coefficient (Wildman–Crippen LogP) is 6.12. The number of ether oxygens (including phenoxy) is 1. The molecule has 1 aliphatic carbocycles. The lowest BCUT2D eigenvalue weighted by Gasteiger charge is -2.25. The standard InChI is InChI=1S/C31H37NO3/c1-5-35-30(34)28(23(19-32)18-31(2,3)4)26-16-21-12-8-13-22(21)17-27(26)29(33)25-15-9-11-20-10-6-7-14-24(20)25/h6-7,9-11,14-17,29,33H,5,8,12-13,18-19,32H2,1-4H3/b28-23+. The van der Waals surface area contributed by atoms with E-state index in [1.54, 1.807) is 0 Å². The van der Waals surface area contributed by atoms with Crippen molar-refractivity contribution in [2.75, 3.05) is 13.2 Å². The first-order valence-electron chi connectivity index (χ1n) is 12.6. The largest absolute Gasteiger partial charge is 0.462 e. The minimum atomic E-state index is -0.889. The molecule has 1 atom stereocenters. The molecule has 0 aliphatic heterocycles. The van der Waals surface area contributed by atoms with Crippen LogP contribution in [-0.2, 0) is 22.4 Å². The normalized spacial score (nSPS) is 15.0. The van der Waals surface area contributed by atoms with Crippen molar-refractivity contribution in [3.05, 3.63) is 88.0 Å². The summed E-state index contributed by atoms with van der Waals surface area (Å²) in [6.07, 6.45) is 2.81. The van der Waals surface area contributed by atoms with Gasteiger partial charge in [-0.25, -0.2) is 4.79 Å². The number of hydrogen-bond donors (Lipinski definition) is 2. The molecule has 0 saturated heterocycles. The van der Waals surface area contributed by atoms with Crippen molar-refractivity contribution in [2.45, 2.75) is 59.5 Å². The van der Waals surface area contributed by atoms with E-state index >= 15 is 0 Å². The third kappa shape index (κ3) is 5.34. The number of benzene rings is 3. The maximum atomic E-state index is 13.4. The molecule has 4 nitrogen and oxygen atoms in total. The summed E-state index contributed by atoms with van der Waals surface area (Å²) in [4.78, 5) is 13.4. The van der Waals surface area contributed by atoms with Crippen LogP contribution in [0.15, 0.2) is 60.2 Å². The Morgan fingerprint density at radius 3 is 2.40 bits per heavy atom. The lowest BCUT2D eigenvalue weighted by molar-refractivity contribution is -0.136. The van der Waals surface area contributed by atoms with Crippen LogP contribution in [0.25, 0.3) is 16.3 Å². The molecule has 0 spiro atoms. The van der Waals surface area contributed by atoms with Crippen LogP contribution in [0.2, 0.25) is 0 Å². The summed E-state index contributed by atoms with van der Waals surface area (Å²) in [7, 11) is 0. The quantitative estimate of drug-likeness (QED) is 0.322. The molecule has 3 N–H and O–H groups in total. The van der Waals surface area contributed by atoms with Gasteiger partial charge in [-0.15, -0.1) is 0 Å². The molecule has 0 radical (unpaired) electrons. The molecule has 35 heavy (non-hydrogen) atoms. The number of rotatable bonds is 7. The Kier molecular flexibility index (Phi) is 7.44. The number of nitrogens with two attached hydrogens (primary N) is 1. The van der Waals surface area contributed by atoms with E-state index in [4.69, 9.17) is 10.5 Å². The van der Waals surface area contributed by atoms with Crippen molar-refractivity contribution in [1.82, 2.24) is 0 Å². The second kappa shape index (κ2) is 10.3. The summed E-state index contributed by atoms with van der Waals surface area (Å²) in [5.41, 5.74) is 12.4. The Morgan fingerprint density at radius 2 is 1.71 bits per heavy atom. The van der Waals surface area contributed by atoms with Crippen molar-refractivity contribution in [3.63, 3.8) is 0 Å². The predicted molar refractivity (Wildman–Crippen MR) is 143 cm³/mol. The van der Waals surface area contributed by atoms with Gasteiger partial charge in [0.25, 0.3) is 0 Å².